The SMILES string of the molecule is COc1cc([N+](=O)[O-])ccc1NC(=O)CC1N=C(/N=C(\N)Nc2ccccc2)NC1=O. The van der Waals surface area contributed by atoms with Crippen molar-refractivity contribution in [3.05, 3.63) is 58.6 Å². The van der Waals surface area contributed by atoms with E-state index in [1.54, 1.807) is 12.1 Å². The monoisotopic (exact) mass is 425 g/mol. The normalized spacial score (nSPS) is 15.6. The maximum Gasteiger partial charge on any atom is 0.273 e. The van der Waals surface area contributed by atoms with Gasteiger partial charge >= 0.3 is 0 Å². The van der Waals surface area contributed by atoms with E-state index in [-0.39, 0.29) is 35.5 Å². The fourth-order valence-electron chi connectivity index (χ4n) is 2.71. The standard InChI is InChI=1S/C19H19N7O5/c1-31-15-9-12(26(29)30)7-8-13(15)22-16(27)10-14-17(28)24-19(23-14)25-18(20)21-11-5-3-2-4-6-11/h2-9,14H,10H2,1H3,(H,22,27)(H4,20,21,23,24,25,28). The first-order valence-electron chi connectivity index (χ1n) is 9.03. The number of nitro groups is 1. The molecule has 0 radical (unpaired) electrons. The van der Waals surface area contributed by atoms with Gasteiger partial charge in [-0.05, 0) is 18.2 Å². The minimum atomic E-state index is -0.993. The number of non-ortho nitro benzene ring substituents is 1. The summed E-state index contributed by atoms with van der Waals surface area (Å²) in [6, 6.07) is 11.8. The highest BCUT2D eigenvalue weighted by Crippen LogP contribution is 2.29. The zero-order chi connectivity index (χ0) is 22.4. The lowest BCUT2D eigenvalue weighted by molar-refractivity contribution is -0.384. The summed E-state index contributed by atoms with van der Waals surface area (Å²) in [7, 11) is 1.32. The van der Waals surface area contributed by atoms with Gasteiger partial charge in [-0.2, -0.15) is 4.99 Å². The number of hydrogen-bond acceptors (Lipinski definition) is 7. The van der Waals surface area contributed by atoms with E-state index >= 15 is 0 Å². The van der Waals surface area contributed by atoms with Crippen LogP contribution in [0, 0.1) is 10.1 Å². The number of nitro benzene ring substituents is 1. The average Bonchev–Trinajstić information content (AvgIpc) is 3.06. The molecule has 2 aromatic carbocycles. The number of para-hydroxylation sites is 1. The number of carbonyl (C=O) groups excluding carboxylic acids is 2. The van der Waals surface area contributed by atoms with E-state index in [0.29, 0.717) is 5.69 Å². The molecule has 1 heterocycles. The second-order valence-electron chi connectivity index (χ2n) is 6.34. The molecule has 160 valence electrons. The molecular formula is C19H19N7O5. The molecule has 0 spiro atoms. The lowest BCUT2D eigenvalue weighted by Gasteiger charge is -2.10. The molecule has 1 aliphatic rings. The predicted molar refractivity (Wildman–Crippen MR) is 114 cm³/mol. The van der Waals surface area contributed by atoms with Gasteiger partial charge in [0.25, 0.3) is 11.6 Å². The summed E-state index contributed by atoms with van der Waals surface area (Å²) in [5.41, 5.74) is 6.57. The number of guanidine groups is 2. The van der Waals surface area contributed by atoms with Gasteiger partial charge in [0.1, 0.15) is 11.8 Å². The van der Waals surface area contributed by atoms with Gasteiger partial charge in [0, 0.05) is 11.8 Å². The number of nitrogens with zero attached hydrogens (tertiary/aromatic N) is 3. The van der Waals surface area contributed by atoms with Crippen molar-refractivity contribution in [2.24, 2.45) is 15.7 Å². The molecule has 5 N–H and O–H groups in total. The third kappa shape index (κ3) is 5.53. The van der Waals surface area contributed by atoms with Gasteiger partial charge in [0.05, 0.1) is 30.2 Å². The summed E-state index contributed by atoms with van der Waals surface area (Å²) in [6.07, 6.45) is -0.267. The van der Waals surface area contributed by atoms with Crippen LogP contribution >= 0.6 is 0 Å². The van der Waals surface area contributed by atoms with Crippen molar-refractivity contribution in [1.82, 2.24) is 5.32 Å². The number of ether oxygens (including phenoxy) is 1. The van der Waals surface area contributed by atoms with Crippen LogP contribution in [0.3, 0.4) is 0 Å². The number of nitrogens with one attached hydrogen (secondary N) is 3. The Morgan fingerprint density at radius 1 is 1.29 bits per heavy atom. The maximum absolute atomic E-state index is 12.3. The molecule has 1 atom stereocenters. The average molecular weight is 425 g/mol. The third-order valence-corrected chi connectivity index (χ3v) is 4.14. The number of nitrogens with two attached hydrogens (primary N) is 1. The van der Waals surface area contributed by atoms with Crippen molar-refractivity contribution in [1.29, 1.82) is 0 Å². The molecule has 31 heavy (non-hydrogen) atoms. The number of aliphatic imine (C=N–C) groups is 2. The highest BCUT2D eigenvalue weighted by Gasteiger charge is 2.29. The molecule has 2 aromatic rings. The summed E-state index contributed by atoms with van der Waals surface area (Å²) in [5.74, 6) is -0.914. The van der Waals surface area contributed by atoms with Crippen LogP contribution in [-0.2, 0) is 9.59 Å². The van der Waals surface area contributed by atoms with Crippen LogP contribution in [0.25, 0.3) is 0 Å². The summed E-state index contributed by atoms with van der Waals surface area (Å²) in [5, 5.41) is 18.7. The van der Waals surface area contributed by atoms with Crippen molar-refractivity contribution in [3.63, 3.8) is 0 Å². The van der Waals surface area contributed by atoms with Crippen LogP contribution in [0.1, 0.15) is 6.42 Å². The molecule has 0 saturated carbocycles. The fourth-order valence-corrected chi connectivity index (χ4v) is 2.71. The lowest BCUT2D eigenvalue weighted by atomic mass is 10.2. The first kappa shape index (κ1) is 21.2. The zero-order valence-corrected chi connectivity index (χ0v) is 16.4. The van der Waals surface area contributed by atoms with Gasteiger partial charge in [0.15, 0.2) is 0 Å². The van der Waals surface area contributed by atoms with E-state index < -0.39 is 22.8 Å². The van der Waals surface area contributed by atoms with E-state index in [2.05, 4.69) is 25.9 Å². The minimum absolute atomic E-state index is 0.0170. The largest absolute Gasteiger partial charge is 0.494 e. The van der Waals surface area contributed by atoms with Crippen molar-refractivity contribution in [2.75, 3.05) is 17.7 Å². The quantitative estimate of drug-likeness (QED) is 0.233. The molecule has 1 unspecified atom stereocenters. The number of hydrogen-bond donors (Lipinski definition) is 4. The van der Waals surface area contributed by atoms with Gasteiger partial charge in [-0.25, -0.2) is 4.99 Å². The lowest BCUT2D eigenvalue weighted by Crippen LogP contribution is -2.32. The van der Waals surface area contributed by atoms with E-state index in [9.17, 15) is 19.7 Å². The molecule has 0 fully saturated rings. The van der Waals surface area contributed by atoms with Crippen LogP contribution in [0.5, 0.6) is 5.75 Å². The summed E-state index contributed by atoms with van der Waals surface area (Å²) in [4.78, 5) is 42.8. The van der Waals surface area contributed by atoms with Crippen LogP contribution < -0.4 is 26.4 Å². The number of rotatable bonds is 6. The highest BCUT2D eigenvalue weighted by atomic mass is 16.6. The Hall–Kier alpha value is -4.48. The molecule has 0 saturated heterocycles. The number of anilines is 2. The van der Waals surface area contributed by atoms with Gasteiger partial charge in [0.2, 0.25) is 17.8 Å². The van der Waals surface area contributed by atoms with Gasteiger partial charge in [-0.1, -0.05) is 18.2 Å². The summed E-state index contributed by atoms with van der Waals surface area (Å²) >= 11 is 0. The Bertz CT molecular complexity index is 1070. The molecule has 2 amide bonds. The zero-order valence-electron chi connectivity index (χ0n) is 16.4. The first-order valence-corrected chi connectivity index (χ1v) is 9.03. The van der Waals surface area contributed by atoms with E-state index in [1.807, 2.05) is 18.2 Å². The van der Waals surface area contributed by atoms with Crippen LogP contribution in [0.15, 0.2) is 58.5 Å². The van der Waals surface area contributed by atoms with Crippen molar-refractivity contribution in [2.45, 2.75) is 12.5 Å². The smallest absolute Gasteiger partial charge is 0.273 e. The molecule has 12 heteroatoms. The van der Waals surface area contributed by atoms with E-state index in [0.717, 1.165) is 0 Å². The molecular weight excluding hydrogens is 406 g/mol. The van der Waals surface area contributed by atoms with Gasteiger partial charge in [-0.15, -0.1) is 0 Å². The Balaban J connectivity index is 1.63. The van der Waals surface area contributed by atoms with Crippen LogP contribution in [-0.4, -0.2) is 41.8 Å². The first-order chi connectivity index (χ1) is 14.9. The molecule has 3 rings (SSSR count). The number of benzene rings is 2. The molecule has 1 aliphatic heterocycles. The minimum Gasteiger partial charge on any atom is -0.494 e. The third-order valence-electron chi connectivity index (χ3n) is 4.14. The van der Waals surface area contributed by atoms with Crippen molar-refractivity contribution in [3.8, 4) is 5.75 Å². The van der Waals surface area contributed by atoms with E-state index in [4.69, 9.17) is 10.5 Å². The Morgan fingerprint density at radius 2 is 2.03 bits per heavy atom. The molecule has 0 aromatic heterocycles. The molecule has 0 aliphatic carbocycles. The predicted octanol–water partition coefficient (Wildman–Crippen LogP) is 1.21. The summed E-state index contributed by atoms with van der Waals surface area (Å²) in [6.45, 7) is 0. The van der Waals surface area contributed by atoms with Crippen LogP contribution in [0.4, 0.5) is 17.1 Å². The van der Waals surface area contributed by atoms with Gasteiger partial charge < -0.3 is 21.1 Å². The second kappa shape index (κ2) is 9.35. The Labute approximate surface area is 176 Å². The van der Waals surface area contributed by atoms with Crippen molar-refractivity contribution < 1.29 is 19.2 Å². The maximum atomic E-state index is 12.3. The Morgan fingerprint density at radius 3 is 2.71 bits per heavy atom. The Kier molecular flexibility index (Phi) is 6.40. The number of carbonyl (C=O) groups is 2. The fraction of sp³-hybridized carbons (Fsp3) is 0.158. The van der Waals surface area contributed by atoms with Crippen LogP contribution in [0.2, 0.25) is 0 Å². The molecule has 0 bridgehead atoms. The number of amides is 2. The second-order valence-corrected chi connectivity index (χ2v) is 6.34. The van der Waals surface area contributed by atoms with Crippen molar-refractivity contribution >= 4 is 40.8 Å². The topological polar surface area (TPSA) is 173 Å². The number of methoxy groups -OCH3 is 1. The van der Waals surface area contributed by atoms with E-state index in [1.165, 1.54) is 25.3 Å². The highest BCUT2D eigenvalue weighted by molar-refractivity contribution is 6.11. The molecule has 12 nitrogen and oxygen atoms in total. The van der Waals surface area contributed by atoms with Gasteiger partial charge in [-0.3, -0.25) is 25.0 Å². The summed E-state index contributed by atoms with van der Waals surface area (Å²) < 4.78 is 5.07.